The van der Waals surface area contributed by atoms with E-state index in [1.54, 1.807) is 37.1 Å². The van der Waals surface area contributed by atoms with Crippen molar-refractivity contribution >= 4 is 21.8 Å². The average Bonchev–Trinajstić information content (AvgIpc) is 3.23. The van der Waals surface area contributed by atoms with E-state index in [1.165, 1.54) is 9.87 Å². The van der Waals surface area contributed by atoms with E-state index in [0.29, 0.717) is 31.1 Å². The van der Waals surface area contributed by atoms with Crippen LogP contribution in [0.3, 0.4) is 0 Å². The summed E-state index contributed by atoms with van der Waals surface area (Å²) in [5.41, 5.74) is 1.90. The predicted molar refractivity (Wildman–Crippen MR) is 128 cm³/mol. The number of methoxy groups -OCH3 is 1. The van der Waals surface area contributed by atoms with Crippen LogP contribution in [0.25, 0.3) is 11.4 Å². The molecule has 0 saturated heterocycles. The van der Waals surface area contributed by atoms with Crippen LogP contribution in [-0.4, -0.2) is 54.3 Å². The first kappa shape index (κ1) is 24.4. The van der Waals surface area contributed by atoms with E-state index in [9.17, 15) is 8.42 Å². The van der Waals surface area contributed by atoms with Crippen molar-refractivity contribution in [1.82, 2.24) is 19.1 Å². The third-order valence-corrected chi connectivity index (χ3v) is 8.22. The highest BCUT2D eigenvalue weighted by Gasteiger charge is 2.24. The first-order valence-corrected chi connectivity index (χ1v) is 13.1. The number of ether oxygens (including phenoxy) is 1. The van der Waals surface area contributed by atoms with Gasteiger partial charge in [0.2, 0.25) is 10.0 Å². The zero-order valence-corrected chi connectivity index (χ0v) is 20.6. The van der Waals surface area contributed by atoms with Crippen molar-refractivity contribution in [2.24, 2.45) is 0 Å². The molecule has 0 bridgehead atoms. The summed E-state index contributed by atoms with van der Waals surface area (Å²) >= 11 is 1.60. The van der Waals surface area contributed by atoms with Crippen molar-refractivity contribution in [1.29, 1.82) is 0 Å². The third-order valence-electron chi connectivity index (χ3n) is 5.16. The molecular formula is C23H30N4O3S2. The fourth-order valence-electron chi connectivity index (χ4n) is 3.52. The van der Waals surface area contributed by atoms with Crippen molar-refractivity contribution < 1.29 is 13.2 Å². The molecule has 1 aromatic heterocycles. The molecule has 0 saturated carbocycles. The Kier molecular flexibility index (Phi) is 8.47. The van der Waals surface area contributed by atoms with E-state index in [2.05, 4.69) is 22.3 Å². The zero-order valence-electron chi connectivity index (χ0n) is 18.9. The lowest BCUT2D eigenvalue weighted by Crippen LogP contribution is -2.30. The van der Waals surface area contributed by atoms with Crippen LogP contribution in [-0.2, 0) is 20.5 Å². The minimum Gasteiger partial charge on any atom is -0.383 e. The normalized spacial score (nSPS) is 12.9. The van der Waals surface area contributed by atoms with Crippen LogP contribution in [0.2, 0.25) is 0 Å². The fraction of sp³-hybridized carbons (Fsp3) is 0.391. The highest BCUT2D eigenvalue weighted by atomic mass is 32.2. The Bertz CT molecular complexity index is 1110. The summed E-state index contributed by atoms with van der Waals surface area (Å²) in [5.74, 6) is 1.39. The molecule has 3 rings (SSSR count). The minimum absolute atomic E-state index is 0.0219. The summed E-state index contributed by atoms with van der Waals surface area (Å²) in [4.78, 5) is 0.256. The number of aromatic nitrogens is 3. The molecule has 172 valence electrons. The number of benzene rings is 2. The number of nitrogens with zero attached hydrogens (tertiary/aromatic N) is 4. The summed E-state index contributed by atoms with van der Waals surface area (Å²) < 4.78 is 34.9. The van der Waals surface area contributed by atoms with Gasteiger partial charge in [-0.05, 0) is 24.6 Å². The molecule has 0 amide bonds. The van der Waals surface area contributed by atoms with E-state index in [1.807, 2.05) is 49.6 Å². The number of hydrogen-bond donors (Lipinski definition) is 0. The Hall–Kier alpha value is -2.20. The molecule has 0 spiro atoms. The third kappa shape index (κ3) is 5.40. The van der Waals surface area contributed by atoms with E-state index >= 15 is 0 Å². The number of rotatable bonds is 11. The summed E-state index contributed by atoms with van der Waals surface area (Å²) in [6.07, 6.45) is 0. The van der Waals surface area contributed by atoms with Gasteiger partial charge in [0.1, 0.15) is 0 Å². The van der Waals surface area contributed by atoms with Gasteiger partial charge in [-0.1, -0.05) is 68.1 Å². The molecule has 1 heterocycles. The van der Waals surface area contributed by atoms with E-state index in [0.717, 1.165) is 10.9 Å². The van der Waals surface area contributed by atoms with Crippen LogP contribution >= 0.6 is 11.8 Å². The first-order chi connectivity index (χ1) is 15.4. The lowest BCUT2D eigenvalue weighted by molar-refractivity contribution is 0.159. The molecule has 2 aromatic carbocycles. The van der Waals surface area contributed by atoms with E-state index < -0.39 is 10.0 Å². The number of sulfonamides is 1. The van der Waals surface area contributed by atoms with Gasteiger partial charge in [0.25, 0.3) is 0 Å². The van der Waals surface area contributed by atoms with Crippen LogP contribution < -0.4 is 0 Å². The van der Waals surface area contributed by atoms with Crippen LogP contribution in [0, 0.1) is 0 Å². The smallest absolute Gasteiger partial charge is 0.243 e. The monoisotopic (exact) mass is 474 g/mol. The van der Waals surface area contributed by atoms with Gasteiger partial charge in [0.05, 0.1) is 17.5 Å². The minimum atomic E-state index is -3.57. The average molecular weight is 475 g/mol. The van der Waals surface area contributed by atoms with Gasteiger partial charge in [0.15, 0.2) is 11.0 Å². The molecule has 0 N–H and O–H groups in total. The lowest BCUT2D eigenvalue weighted by Gasteiger charge is -2.20. The number of hydrogen-bond acceptors (Lipinski definition) is 6. The SMILES string of the molecule is CCN(CC)S(=O)(=O)c1cccc(-c2nnc(SCc3ccccc3)n2[C@H](C)COC)c1. The predicted octanol–water partition coefficient (Wildman–Crippen LogP) is 4.48. The molecule has 0 radical (unpaired) electrons. The topological polar surface area (TPSA) is 77.3 Å². The Morgan fingerprint density at radius 3 is 2.44 bits per heavy atom. The van der Waals surface area contributed by atoms with Gasteiger partial charge in [-0.2, -0.15) is 4.31 Å². The largest absolute Gasteiger partial charge is 0.383 e. The van der Waals surface area contributed by atoms with Gasteiger partial charge in [-0.15, -0.1) is 10.2 Å². The molecule has 9 heteroatoms. The van der Waals surface area contributed by atoms with Crippen molar-refractivity contribution in [2.45, 2.75) is 42.6 Å². The first-order valence-electron chi connectivity index (χ1n) is 10.6. The van der Waals surface area contributed by atoms with Crippen LogP contribution in [0.5, 0.6) is 0 Å². The zero-order chi connectivity index (χ0) is 23.1. The maximum Gasteiger partial charge on any atom is 0.243 e. The van der Waals surface area contributed by atoms with Gasteiger partial charge >= 0.3 is 0 Å². The molecule has 32 heavy (non-hydrogen) atoms. The maximum absolute atomic E-state index is 13.0. The second-order valence-corrected chi connectivity index (χ2v) is 10.3. The molecule has 0 fully saturated rings. The van der Waals surface area contributed by atoms with Gasteiger partial charge in [-0.25, -0.2) is 8.42 Å². The molecule has 1 atom stereocenters. The lowest BCUT2D eigenvalue weighted by atomic mass is 10.2. The second-order valence-electron chi connectivity index (χ2n) is 7.37. The molecular weight excluding hydrogens is 444 g/mol. The fourth-order valence-corrected chi connectivity index (χ4v) is 6.01. The van der Waals surface area contributed by atoms with Crippen LogP contribution in [0.1, 0.15) is 32.4 Å². The van der Waals surface area contributed by atoms with Crippen molar-refractivity contribution in [2.75, 3.05) is 26.8 Å². The van der Waals surface area contributed by atoms with Crippen molar-refractivity contribution in [3.8, 4) is 11.4 Å². The Balaban J connectivity index is 1.99. The second kappa shape index (κ2) is 11.1. The molecule has 0 aliphatic carbocycles. The maximum atomic E-state index is 13.0. The van der Waals surface area contributed by atoms with Crippen molar-refractivity contribution in [3.05, 3.63) is 60.2 Å². The molecule has 0 aliphatic heterocycles. The summed E-state index contributed by atoms with van der Waals surface area (Å²) in [5, 5.41) is 9.64. The Morgan fingerprint density at radius 2 is 1.78 bits per heavy atom. The molecule has 7 nitrogen and oxygen atoms in total. The van der Waals surface area contributed by atoms with Gasteiger partial charge < -0.3 is 4.74 Å². The van der Waals surface area contributed by atoms with Gasteiger partial charge in [-0.3, -0.25) is 4.57 Å². The van der Waals surface area contributed by atoms with Gasteiger partial charge in [0, 0.05) is 31.5 Å². The standard InChI is InChI=1S/C23H30N4O3S2/c1-5-26(6-2)32(28,29)21-14-10-13-20(15-21)22-24-25-23(27(22)18(3)16-30-4)31-17-19-11-8-7-9-12-19/h7-15,18H,5-6,16-17H2,1-4H3/t18-/m1/s1. The quantitative estimate of drug-likeness (QED) is 0.382. The molecule has 0 unspecified atom stereocenters. The Labute approximate surface area is 194 Å². The van der Waals surface area contributed by atoms with E-state index in [4.69, 9.17) is 4.74 Å². The van der Waals surface area contributed by atoms with Crippen molar-refractivity contribution in [3.63, 3.8) is 0 Å². The van der Waals surface area contributed by atoms with Crippen LogP contribution in [0.15, 0.2) is 64.6 Å². The van der Waals surface area contributed by atoms with Crippen LogP contribution in [0.4, 0.5) is 0 Å². The summed E-state index contributed by atoms with van der Waals surface area (Å²) in [6.45, 7) is 7.05. The van der Waals surface area contributed by atoms with E-state index in [-0.39, 0.29) is 10.9 Å². The molecule has 3 aromatic rings. The molecule has 0 aliphatic rings. The highest BCUT2D eigenvalue weighted by molar-refractivity contribution is 7.98. The Morgan fingerprint density at radius 1 is 1.06 bits per heavy atom. The summed E-state index contributed by atoms with van der Waals surface area (Å²) in [7, 11) is -1.91. The number of thioether (sulfide) groups is 1. The summed E-state index contributed by atoms with van der Waals surface area (Å²) in [6, 6.07) is 17.1. The highest BCUT2D eigenvalue weighted by Crippen LogP contribution is 2.31.